The van der Waals surface area contributed by atoms with Gasteiger partial charge in [0.2, 0.25) is 5.12 Å². The van der Waals surface area contributed by atoms with E-state index in [0.717, 1.165) is 11.8 Å². The Hall–Kier alpha value is -1.11. The van der Waals surface area contributed by atoms with Gasteiger partial charge >= 0.3 is 0 Å². The van der Waals surface area contributed by atoms with E-state index in [1.165, 1.54) is 62.0 Å². The Labute approximate surface area is 158 Å². The van der Waals surface area contributed by atoms with Crippen LogP contribution in [0.3, 0.4) is 0 Å². The zero-order valence-electron chi connectivity index (χ0n) is 13.6. The second-order valence-corrected chi connectivity index (χ2v) is 8.52. The van der Waals surface area contributed by atoms with Crippen LogP contribution in [0.4, 0.5) is 13.2 Å². The van der Waals surface area contributed by atoms with Gasteiger partial charge in [-0.1, -0.05) is 11.6 Å². The second kappa shape index (κ2) is 8.52. The van der Waals surface area contributed by atoms with E-state index in [4.69, 9.17) is 11.6 Å². The third kappa shape index (κ3) is 6.28. The van der Waals surface area contributed by atoms with Gasteiger partial charge in [-0.3, -0.25) is 4.79 Å². The Bertz CT molecular complexity index is 775. The zero-order valence-corrected chi connectivity index (χ0v) is 16.0. The molecule has 0 aromatic heterocycles. The van der Waals surface area contributed by atoms with Crippen LogP contribution in [-0.4, -0.2) is 16.5 Å². The number of hydrogen-bond donors (Lipinski definition) is 0. The van der Waals surface area contributed by atoms with Crippen LogP contribution in [0.5, 0.6) is 0 Å². The van der Waals surface area contributed by atoms with E-state index < -0.39 is 17.3 Å². The Morgan fingerprint density at radius 2 is 1.80 bits per heavy atom. The first-order chi connectivity index (χ1) is 11.7. The molecule has 0 aliphatic carbocycles. The van der Waals surface area contributed by atoms with E-state index in [2.05, 4.69) is 0 Å². The third-order valence-electron chi connectivity index (χ3n) is 3.22. The summed E-state index contributed by atoms with van der Waals surface area (Å²) in [6, 6.07) is 8.05. The van der Waals surface area contributed by atoms with Crippen LogP contribution in [0.1, 0.15) is 30.6 Å². The highest BCUT2D eigenvalue weighted by atomic mass is 35.5. The Kier molecular flexibility index (Phi) is 6.88. The van der Waals surface area contributed by atoms with Crippen molar-refractivity contribution < 1.29 is 18.0 Å². The minimum Gasteiger partial charge on any atom is -0.281 e. The van der Waals surface area contributed by atoms with Crippen molar-refractivity contribution in [3.63, 3.8) is 0 Å². The zero-order chi connectivity index (χ0) is 18.6. The van der Waals surface area contributed by atoms with Crippen molar-refractivity contribution in [2.24, 2.45) is 0 Å². The maximum atomic E-state index is 13.9. The first-order valence-electron chi connectivity index (χ1n) is 7.44. The number of alkyl halides is 1. The predicted octanol–water partition coefficient (Wildman–Crippen LogP) is 6.78. The lowest BCUT2D eigenvalue weighted by molar-refractivity contribution is 0.108. The number of carbonyl (C=O) groups excluding carboxylic acids is 1. The molecule has 0 atom stereocenters. The molecular weight excluding hydrogens is 389 g/mol. The lowest BCUT2D eigenvalue weighted by Crippen LogP contribution is -2.12. The summed E-state index contributed by atoms with van der Waals surface area (Å²) in [4.78, 5) is 13.1. The second-order valence-electron chi connectivity index (χ2n) is 5.93. The highest BCUT2D eigenvalue weighted by Gasteiger charge is 2.17. The lowest BCUT2D eigenvalue weighted by atomic mass is 10.1. The molecule has 134 valence electrons. The van der Waals surface area contributed by atoms with E-state index in [1.807, 2.05) is 0 Å². The van der Waals surface area contributed by atoms with Crippen LogP contribution in [0, 0.1) is 11.6 Å². The van der Waals surface area contributed by atoms with Gasteiger partial charge in [-0.25, -0.2) is 13.2 Å². The molecule has 0 saturated heterocycles. The number of carbonyl (C=O) groups is 1. The summed E-state index contributed by atoms with van der Waals surface area (Å²) in [6.07, 6.45) is 0.276. The van der Waals surface area contributed by atoms with Gasteiger partial charge in [-0.2, -0.15) is 0 Å². The Morgan fingerprint density at radius 3 is 2.44 bits per heavy atom. The van der Waals surface area contributed by atoms with E-state index in [1.54, 1.807) is 0 Å². The summed E-state index contributed by atoms with van der Waals surface area (Å²) in [5, 5.41) is -0.377. The number of halogens is 4. The molecule has 0 aliphatic rings. The average Bonchev–Trinajstić information content (AvgIpc) is 2.51. The molecule has 0 N–H and O–H groups in total. The van der Waals surface area contributed by atoms with E-state index >= 15 is 0 Å². The molecule has 25 heavy (non-hydrogen) atoms. The fourth-order valence-corrected chi connectivity index (χ4v) is 4.09. The minimum absolute atomic E-state index is 0.0676. The van der Waals surface area contributed by atoms with Gasteiger partial charge in [0.1, 0.15) is 17.3 Å². The van der Waals surface area contributed by atoms with E-state index in [0.29, 0.717) is 21.1 Å². The quantitative estimate of drug-likeness (QED) is 0.494. The standard InChI is InChI=1S/C18H16ClF3OS2/c1-18(2,22)7-8-24-16-9-11(3-5-15(16)21)17(23)25-12-4-6-14(20)13(19)10-12/h3-6,9-10H,7-8H2,1-2H3. The van der Waals surface area contributed by atoms with Gasteiger partial charge in [0.25, 0.3) is 0 Å². The van der Waals surface area contributed by atoms with Crippen molar-refractivity contribution in [2.75, 3.05) is 5.75 Å². The molecule has 0 radical (unpaired) electrons. The first kappa shape index (κ1) is 20.2. The van der Waals surface area contributed by atoms with Crippen molar-refractivity contribution in [1.29, 1.82) is 0 Å². The van der Waals surface area contributed by atoms with Gasteiger partial charge in [-0.05, 0) is 68.4 Å². The molecule has 7 heteroatoms. The molecule has 0 aliphatic heterocycles. The minimum atomic E-state index is -1.32. The predicted molar refractivity (Wildman–Crippen MR) is 98.5 cm³/mol. The van der Waals surface area contributed by atoms with Crippen molar-refractivity contribution in [3.8, 4) is 0 Å². The van der Waals surface area contributed by atoms with Gasteiger partial charge < -0.3 is 0 Å². The summed E-state index contributed by atoms with van der Waals surface area (Å²) >= 11 is 7.75. The van der Waals surface area contributed by atoms with Gasteiger partial charge in [0, 0.05) is 21.1 Å². The molecule has 2 aromatic carbocycles. The third-order valence-corrected chi connectivity index (χ3v) is 5.46. The molecule has 0 saturated carbocycles. The largest absolute Gasteiger partial charge is 0.281 e. The summed E-state index contributed by atoms with van der Waals surface area (Å²) in [5.41, 5.74) is -1.01. The van der Waals surface area contributed by atoms with Crippen LogP contribution in [0.2, 0.25) is 5.02 Å². The fourth-order valence-electron chi connectivity index (χ4n) is 1.85. The number of thioether (sulfide) groups is 2. The molecule has 2 rings (SSSR count). The molecule has 0 heterocycles. The lowest BCUT2D eigenvalue weighted by Gasteiger charge is -2.13. The summed E-state index contributed by atoms with van der Waals surface area (Å²) in [7, 11) is 0. The van der Waals surface area contributed by atoms with Crippen molar-refractivity contribution in [1.82, 2.24) is 0 Å². The van der Waals surface area contributed by atoms with E-state index in [-0.39, 0.29) is 16.6 Å². The average molecular weight is 405 g/mol. The number of hydrogen-bond acceptors (Lipinski definition) is 3. The maximum absolute atomic E-state index is 13.9. The monoisotopic (exact) mass is 404 g/mol. The molecule has 0 amide bonds. The molecule has 2 aromatic rings. The molecule has 0 unspecified atom stereocenters. The fraction of sp³-hybridized carbons (Fsp3) is 0.278. The molecular formula is C18H16ClF3OS2. The van der Waals surface area contributed by atoms with Crippen LogP contribution < -0.4 is 0 Å². The summed E-state index contributed by atoms with van der Waals surface area (Å²) in [6.45, 7) is 2.93. The molecule has 1 nitrogen and oxygen atoms in total. The van der Waals surface area contributed by atoms with Gasteiger partial charge in [0.15, 0.2) is 0 Å². The number of benzene rings is 2. The Balaban J connectivity index is 2.09. The number of rotatable bonds is 6. The van der Waals surface area contributed by atoms with Gasteiger partial charge in [0.05, 0.1) is 5.02 Å². The molecule has 0 spiro atoms. The summed E-state index contributed by atoms with van der Waals surface area (Å²) < 4.78 is 40.5. The highest BCUT2D eigenvalue weighted by molar-refractivity contribution is 8.14. The van der Waals surface area contributed by atoms with Crippen molar-refractivity contribution in [2.45, 2.75) is 35.7 Å². The van der Waals surface area contributed by atoms with Gasteiger partial charge in [-0.15, -0.1) is 11.8 Å². The van der Waals surface area contributed by atoms with E-state index in [9.17, 15) is 18.0 Å². The smallest absolute Gasteiger partial charge is 0.224 e. The SMILES string of the molecule is CC(C)(F)CCSc1cc(C(=O)Sc2ccc(F)c(Cl)c2)ccc1F. The van der Waals surface area contributed by atoms with Crippen molar-refractivity contribution >= 4 is 40.2 Å². The highest BCUT2D eigenvalue weighted by Crippen LogP contribution is 2.30. The van der Waals surface area contributed by atoms with Crippen LogP contribution in [0.25, 0.3) is 0 Å². The first-order valence-corrected chi connectivity index (χ1v) is 9.62. The Morgan fingerprint density at radius 1 is 1.12 bits per heavy atom. The molecule has 0 bridgehead atoms. The van der Waals surface area contributed by atoms with Crippen molar-refractivity contribution in [3.05, 3.63) is 58.6 Å². The normalized spacial score (nSPS) is 11.6. The summed E-state index contributed by atoms with van der Waals surface area (Å²) in [5.74, 6) is -0.610. The van der Waals surface area contributed by atoms with Crippen LogP contribution >= 0.6 is 35.1 Å². The molecule has 0 fully saturated rings. The maximum Gasteiger partial charge on any atom is 0.224 e. The van der Waals surface area contributed by atoms with Crippen LogP contribution in [0.15, 0.2) is 46.2 Å². The topological polar surface area (TPSA) is 17.1 Å². The van der Waals surface area contributed by atoms with Crippen LogP contribution in [-0.2, 0) is 0 Å².